The Balaban J connectivity index is 1.73. The van der Waals surface area contributed by atoms with E-state index in [2.05, 4.69) is 19.2 Å². The van der Waals surface area contributed by atoms with Gasteiger partial charge in [0.05, 0.1) is 13.2 Å². The molecule has 118 valence electrons. The lowest BCUT2D eigenvalue weighted by molar-refractivity contribution is -0.754. The highest BCUT2D eigenvalue weighted by molar-refractivity contribution is 7.80. The second kappa shape index (κ2) is 7.84. The maximum Gasteiger partial charge on any atom is 0.397 e. The standard InChI is InChI=1S/C12H14N4O5S/c17-22(18,19)21-9-8-20-7-6-16-5-2-11(10-15-16)12-13-3-1-4-14-12/h1-5,10H,6-9H2/p+1. The summed E-state index contributed by atoms with van der Waals surface area (Å²) in [5.74, 6) is 0.598. The van der Waals surface area contributed by atoms with Crippen molar-refractivity contribution in [1.29, 1.82) is 0 Å². The van der Waals surface area contributed by atoms with Gasteiger partial charge < -0.3 is 4.74 Å². The number of rotatable bonds is 8. The van der Waals surface area contributed by atoms with Gasteiger partial charge in [0, 0.05) is 24.0 Å². The molecule has 0 fully saturated rings. The fourth-order valence-electron chi connectivity index (χ4n) is 1.56. The highest BCUT2D eigenvalue weighted by atomic mass is 32.3. The molecule has 0 aliphatic heterocycles. The highest BCUT2D eigenvalue weighted by Gasteiger charge is 2.07. The van der Waals surface area contributed by atoms with Crippen molar-refractivity contribution < 1.29 is 26.6 Å². The highest BCUT2D eigenvalue weighted by Crippen LogP contribution is 2.08. The quantitative estimate of drug-likeness (QED) is 0.398. The van der Waals surface area contributed by atoms with Crippen LogP contribution in [0, 0.1) is 0 Å². The van der Waals surface area contributed by atoms with Crippen molar-refractivity contribution in [3.63, 3.8) is 0 Å². The first-order valence-electron chi connectivity index (χ1n) is 6.37. The van der Waals surface area contributed by atoms with Crippen LogP contribution in [0.4, 0.5) is 0 Å². The van der Waals surface area contributed by atoms with Crippen molar-refractivity contribution in [1.82, 2.24) is 15.1 Å². The van der Waals surface area contributed by atoms with E-state index in [-0.39, 0.29) is 13.2 Å². The summed E-state index contributed by atoms with van der Waals surface area (Å²) in [6.45, 7) is 0.632. The van der Waals surface area contributed by atoms with E-state index in [1.54, 1.807) is 35.5 Å². The Labute approximate surface area is 127 Å². The van der Waals surface area contributed by atoms with Crippen LogP contribution >= 0.6 is 0 Å². The van der Waals surface area contributed by atoms with Crippen LogP contribution in [0.25, 0.3) is 11.4 Å². The van der Waals surface area contributed by atoms with Gasteiger partial charge in [0.25, 0.3) is 0 Å². The van der Waals surface area contributed by atoms with Crippen LogP contribution in [0.1, 0.15) is 0 Å². The zero-order valence-electron chi connectivity index (χ0n) is 11.6. The molecule has 22 heavy (non-hydrogen) atoms. The molecule has 0 saturated carbocycles. The minimum atomic E-state index is -4.40. The fourth-order valence-corrected chi connectivity index (χ4v) is 1.83. The lowest BCUT2D eigenvalue weighted by Crippen LogP contribution is -2.39. The van der Waals surface area contributed by atoms with E-state index >= 15 is 0 Å². The lowest BCUT2D eigenvalue weighted by Gasteiger charge is -2.01. The van der Waals surface area contributed by atoms with Crippen molar-refractivity contribution in [2.45, 2.75) is 6.54 Å². The molecule has 0 amide bonds. The minimum Gasteiger partial charge on any atom is -0.372 e. The van der Waals surface area contributed by atoms with E-state index in [0.717, 1.165) is 5.56 Å². The summed E-state index contributed by atoms with van der Waals surface area (Å²) in [5.41, 5.74) is 0.805. The van der Waals surface area contributed by atoms with Gasteiger partial charge in [-0.1, -0.05) is 4.68 Å². The molecule has 0 unspecified atom stereocenters. The summed E-state index contributed by atoms with van der Waals surface area (Å²) in [6.07, 6.45) is 6.73. The fraction of sp³-hybridized carbons (Fsp3) is 0.333. The first-order chi connectivity index (χ1) is 10.5. The lowest BCUT2D eigenvalue weighted by atomic mass is 10.3. The molecular weight excluding hydrogens is 312 g/mol. The summed E-state index contributed by atoms with van der Waals surface area (Å²) >= 11 is 0. The molecule has 1 N–H and O–H groups in total. The molecular formula is C12H15N4O5S+. The third-order valence-electron chi connectivity index (χ3n) is 2.52. The number of hydrogen-bond acceptors (Lipinski definition) is 7. The van der Waals surface area contributed by atoms with Crippen LogP contribution in [0.3, 0.4) is 0 Å². The number of aromatic nitrogens is 4. The monoisotopic (exact) mass is 327 g/mol. The molecule has 2 aromatic heterocycles. The van der Waals surface area contributed by atoms with Gasteiger partial charge in [0.1, 0.15) is 12.8 Å². The van der Waals surface area contributed by atoms with Gasteiger partial charge >= 0.3 is 10.4 Å². The molecule has 0 saturated heterocycles. The Morgan fingerprint density at radius 2 is 1.95 bits per heavy atom. The van der Waals surface area contributed by atoms with Crippen LogP contribution in [0.2, 0.25) is 0 Å². The summed E-state index contributed by atoms with van der Waals surface area (Å²) < 4.78 is 39.9. The number of ether oxygens (including phenoxy) is 1. The van der Waals surface area contributed by atoms with E-state index < -0.39 is 10.4 Å². The van der Waals surface area contributed by atoms with E-state index in [1.165, 1.54) is 0 Å². The van der Waals surface area contributed by atoms with Gasteiger partial charge in [-0.2, -0.15) is 8.42 Å². The van der Waals surface area contributed by atoms with Gasteiger partial charge in [0.15, 0.2) is 18.6 Å². The maximum atomic E-state index is 10.3. The van der Waals surface area contributed by atoms with E-state index in [9.17, 15) is 8.42 Å². The normalized spacial score (nSPS) is 11.5. The van der Waals surface area contributed by atoms with Crippen LogP contribution < -0.4 is 4.68 Å². The van der Waals surface area contributed by atoms with Crippen molar-refractivity contribution in [2.24, 2.45) is 0 Å². The predicted molar refractivity (Wildman–Crippen MR) is 73.8 cm³/mol. The van der Waals surface area contributed by atoms with Gasteiger partial charge in [-0.3, -0.25) is 4.55 Å². The largest absolute Gasteiger partial charge is 0.397 e. The molecule has 0 atom stereocenters. The maximum absolute atomic E-state index is 10.3. The summed E-state index contributed by atoms with van der Waals surface area (Å²) in [6, 6.07) is 3.58. The van der Waals surface area contributed by atoms with Crippen molar-refractivity contribution >= 4 is 10.4 Å². The Kier molecular flexibility index (Phi) is 5.83. The zero-order valence-corrected chi connectivity index (χ0v) is 12.4. The molecule has 0 aliphatic rings. The smallest absolute Gasteiger partial charge is 0.372 e. The Morgan fingerprint density at radius 1 is 1.18 bits per heavy atom. The first kappa shape index (κ1) is 16.4. The summed E-state index contributed by atoms with van der Waals surface area (Å²) in [4.78, 5) is 8.25. The van der Waals surface area contributed by atoms with Gasteiger partial charge in [-0.05, 0) is 11.2 Å². The molecule has 2 aromatic rings. The van der Waals surface area contributed by atoms with Gasteiger partial charge in [0.2, 0.25) is 0 Å². The second-order valence-corrected chi connectivity index (χ2v) is 5.20. The molecule has 0 aliphatic carbocycles. The second-order valence-electron chi connectivity index (χ2n) is 4.11. The summed E-state index contributed by atoms with van der Waals surface area (Å²) in [5, 5.41) is 4.20. The predicted octanol–water partition coefficient (Wildman–Crippen LogP) is -0.338. The molecule has 0 bridgehead atoms. The van der Waals surface area contributed by atoms with Crippen LogP contribution in [-0.4, -0.2) is 47.9 Å². The van der Waals surface area contributed by atoms with Gasteiger partial charge in [-0.25, -0.2) is 14.2 Å². The molecule has 9 nitrogen and oxygen atoms in total. The van der Waals surface area contributed by atoms with E-state index in [0.29, 0.717) is 19.0 Å². The Hall–Kier alpha value is -2.01. The topological polar surface area (TPSA) is 115 Å². The third-order valence-corrected chi connectivity index (χ3v) is 2.98. The average Bonchev–Trinajstić information content (AvgIpc) is 2.51. The molecule has 0 spiro atoms. The minimum absolute atomic E-state index is 0.0519. The molecule has 10 heteroatoms. The van der Waals surface area contributed by atoms with Crippen LogP contribution in [0.5, 0.6) is 0 Å². The van der Waals surface area contributed by atoms with E-state index in [1.807, 2.05) is 6.07 Å². The third kappa shape index (κ3) is 5.77. The van der Waals surface area contributed by atoms with Gasteiger partial charge in [-0.15, -0.1) is 0 Å². The molecule has 2 rings (SSSR count). The molecule has 0 aromatic carbocycles. The summed E-state index contributed by atoms with van der Waals surface area (Å²) in [7, 11) is -4.40. The van der Waals surface area contributed by atoms with Crippen LogP contribution in [-0.2, 0) is 25.9 Å². The van der Waals surface area contributed by atoms with E-state index in [4.69, 9.17) is 9.29 Å². The molecule has 0 radical (unpaired) electrons. The van der Waals surface area contributed by atoms with Crippen molar-refractivity contribution in [3.8, 4) is 11.4 Å². The SMILES string of the molecule is O=S(=O)(O)OCCOCC[n+]1ccc(-c2ncccn2)cn1. The molecule has 2 heterocycles. The first-order valence-corrected chi connectivity index (χ1v) is 7.74. The number of nitrogens with zero attached hydrogens (tertiary/aromatic N) is 4. The van der Waals surface area contributed by atoms with Crippen molar-refractivity contribution in [3.05, 3.63) is 36.9 Å². The van der Waals surface area contributed by atoms with Crippen molar-refractivity contribution in [2.75, 3.05) is 19.8 Å². The number of hydrogen-bond donors (Lipinski definition) is 1. The van der Waals surface area contributed by atoms with Crippen LogP contribution in [0.15, 0.2) is 36.9 Å². The average molecular weight is 327 g/mol. The zero-order chi connectivity index (χ0) is 15.8. The Bertz CT molecular complexity index is 678. The Morgan fingerprint density at radius 3 is 2.59 bits per heavy atom.